The molecule has 4 rings (SSSR count). The first-order valence-corrected chi connectivity index (χ1v) is 8.97. The van der Waals surface area contributed by atoms with Crippen LogP contribution in [-0.4, -0.2) is 20.9 Å². The van der Waals surface area contributed by atoms with E-state index < -0.39 is 5.97 Å². The summed E-state index contributed by atoms with van der Waals surface area (Å²) in [4.78, 5) is 11.7. The minimum atomic E-state index is -1.09. The van der Waals surface area contributed by atoms with Crippen LogP contribution in [0.1, 0.15) is 33.7 Å². The first-order valence-electron chi connectivity index (χ1n) is 8.21. The second-order valence-electron chi connectivity index (χ2n) is 6.21. The number of aromatic nitrogens is 2. The van der Waals surface area contributed by atoms with E-state index in [1.165, 1.54) is 12.1 Å². The summed E-state index contributed by atoms with van der Waals surface area (Å²) < 4.78 is 14.7. The highest BCUT2D eigenvalue weighted by Gasteiger charge is 2.30. The number of fused-ring (bicyclic) bond motifs is 1. The van der Waals surface area contributed by atoms with E-state index in [1.54, 1.807) is 35.0 Å². The van der Waals surface area contributed by atoms with Gasteiger partial charge in [0.05, 0.1) is 16.4 Å². The predicted octanol–water partition coefficient (Wildman–Crippen LogP) is 5.50. The van der Waals surface area contributed by atoms with Crippen molar-refractivity contribution in [3.63, 3.8) is 0 Å². The highest BCUT2D eigenvalue weighted by atomic mass is 35.5. The van der Waals surface area contributed by atoms with E-state index in [0.717, 1.165) is 11.1 Å². The summed E-state index contributed by atoms with van der Waals surface area (Å²) >= 11 is 12.3. The van der Waals surface area contributed by atoms with Crippen LogP contribution in [0.4, 0.5) is 4.39 Å². The Bertz CT molecular complexity index is 1090. The van der Waals surface area contributed by atoms with Crippen molar-refractivity contribution in [3.05, 3.63) is 80.8 Å². The van der Waals surface area contributed by atoms with Gasteiger partial charge in [-0.1, -0.05) is 35.3 Å². The van der Waals surface area contributed by atoms with E-state index in [9.17, 15) is 14.3 Å². The van der Waals surface area contributed by atoms with E-state index in [1.807, 2.05) is 6.08 Å². The van der Waals surface area contributed by atoms with Crippen molar-refractivity contribution in [2.45, 2.75) is 12.8 Å². The Kier molecular flexibility index (Phi) is 4.50. The quantitative estimate of drug-likeness (QED) is 0.628. The van der Waals surface area contributed by atoms with Crippen molar-refractivity contribution in [2.75, 3.05) is 0 Å². The molecule has 0 atom stereocenters. The molecule has 1 heterocycles. The van der Waals surface area contributed by atoms with Gasteiger partial charge < -0.3 is 5.11 Å². The van der Waals surface area contributed by atoms with E-state index in [2.05, 4.69) is 5.10 Å². The molecule has 7 heteroatoms. The number of carboxylic acids is 1. The highest BCUT2D eigenvalue weighted by molar-refractivity contribution is 6.35. The third-order valence-corrected chi connectivity index (χ3v) is 5.02. The Hall–Kier alpha value is -2.63. The lowest BCUT2D eigenvalue weighted by Crippen LogP contribution is -2.05. The van der Waals surface area contributed by atoms with Crippen LogP contribution in [0.5, 0.6) is 0 Å². The number of halogens is 3. The fourth-order valence-corrected chi connectivity index (χ4v) is 3.78. The number of carboxylic acid groups (broad SMARTS) is 1. The maximum absolute atomic E-state index is 13.2. The molecule has 0 aliphatic heterocycles. The summed E-state index contributed by atoms with van der Waals surface area (Å²) in [7, 11) is 0. The van der Waals surface area contributed by atoms with Gasteiger partial charge in [-0.25, -0.2) is 13.9 Å². The van der Waals surface area contributed by atoms with E-state index >= 15 is 0 Å². The van der Waals surface area contributed by atoms with Crippen LogP contribution in [0.15, 0.2) is 42.5 Å². The van der Waals surface area contributed by atoms with Crippen LogP contribution < -0.4 is 0 Å². The molecule has 4 nitrogen and oxygen atoms in total. The van der Waals surface area contributed by atoms with Crippen molar-refractivity contribution >= 4 is 40.8 Å². The summed E-state index contributed by atoms with van der Waals surface area (Å²) in [5, 5.41) is 14.7. The number of hydrogen-bond donors (Lipinski definition) is 1. The molecule has 1 aliphatic rings. The molecule has 0 spiro atoms. The number of carbonyl (C=O) groups is 1. The van der Waals surface area contributed by atoms with Gasteiger partial charge in [-0.3, -0.25) is 0 Å². The molecule has 0 bridgehead atoms. The Morgan fingerprint density at radius 3 is 2.56 bits per heavy atom. The maximum atomic E-state index is 13.2. The Morgan fingerprint density at radius 2 is 1.89 bits per heavy atom. The van der Waals surface area contributed by atoms with E-state index in [-0.39, 0.29) is 11.5 Å². The molecule has 0 saturated heterocycles. The fraction of sp³-hybridized carbons (Fsp3) is 0.100. The van der Waals surface area contributed by atoms with Crippen molar-refractivity contribution in [2.24, 2.45) is 0 Å². The molecule has 0 fully saturated rings. The summed E-state index contributed by atoms with van der Waals surface area (Å²) in [5.74, 6) is -1.39. The lowest BCUT2D eigenvalue weighted by Gasteiger charge is -2.10. The minimum absolute atomic E-state index is 0.0125. The molecule has 0 unspecified atom stereocenters. The summed E-state index contributed by atoms with van der Waals surface area (Å²) in [6.45, 7) is 0. The molecule has 0 amide bonds. The average Bonchev–Trinajstić information content (AvgIpc) is 3.18. The standard InChI is InChI=1S/C20H13Cl2FN2O2/c21-13-4-8-17(16(22)10-13)25-19-12(9-11-1-5-14(23)6-2-11)3-7-15(19)18(24-25)20(26)27/h1-2,4-6,8-10H,3,7H2,(H,26,27). The van der Waals surface area contributed by atoms with Crippen molar-refractivity contribution in [3.8, 4) is 5.69 Å². The number of nitrogens with zero attached hydrogens (tertiary/aromatic N) is 2. The molecule has 0 radical (unpaired) electrons. The molecule has 2 aromatic carbocycles. The second-order valence-corrected chi connectivity index (χ2v) is 7.05. The zero-order valence-corrected chi connectivity index (χ0v) is 15.4. The van der Waals surface area contributed by atoms with Crippen LogP contribution in [-0.2, 0) is 6.42 Å². The monoisotopic (exact) mass is 402 g/mol. The molecular weight excluding hydrogens is 390 g/mol. The van der Waals surface area contributed by atoms with Gasteiger partial charge in [-0.2, -0.15) is 5.10 Å². The van der Waals surface area contributed by atoms with Gasteiger partial charge in [-0.05, 0) is 60.4 Å². The molecule has 1 aliphatic carbocycles. The van der Waals surface area contributed by atoms with E-state index in [0.29, 0.717) is 39.8 Å². The van der Waals surface area contributed by atoms with E-state index in [4.69, 9.17) is 23.2 Å². The van der Waals surface area contributed by atoms with Crippen LogP contribution in [0, 0.1) is 5.82 Å². The molecule has 0 saturated carbocycles. The predicted molar refractivity (Wildman–Crippen MR) is 103 cm³/mol. The van der Waals surface area contributed by atoms with Crippen molar-refractivity contribution in [1.29, 1.82) is 0 Å². The Morgan fingerprint density at radius 1 is 1.15 bits per heavy atom. The van der Waals surface area contributed by atoms with Crippen molar-refractivity contribution < 1.29 is 14.3 Å². The van der Waals surface area contributed by atoms with Gasteiger partial charge in [0.1, 0.15) is 5.82 Å². The summed E-state index contributed by atoms with van der Waals surface area (Å²) in [6.07, 6.45) is 3.14. The molecular formula is C20H13Cl2FN2O2. The van der Waals surface area contributed by atoms with Gasteiger partial charge in [0.15, 0.2) is 5.69 Å². The molecule has 136 valence electrons. The fourth-order valence-electron chi connectivity index (χ4n) is 3.29. The molecule has 27 heavy (non-hydrogen) atoms. The van der Waals surface area contributed by atoms with Crippen LogP contribution >= 0.6 is 23.2 Å². The van der Waals surface area contributed by atoms with Gasteiger partial charge in [-0.15, -0.1) is 0 Å². The Balaban J connectivity index is 1.90. The lowest BCUT2D eigenvalue weighted by molar-refractivity contribution is 0.0689. The first kappa shape index (κ1) is 17.8. The van der Waals surface area contributed by atoms with Crippen LogP contribution in [0.25, 0.3) is 17.3 Å². The topological polar surface area (TPSA) is 55.1 Å². The average molecular weight is 403 g/mol. The first-order chi connectivity index (χ1) is 12.9. The smallest absolute Gasteiger partial charge is 0.356 e. The largest absolute Gasteiger partial charge is 0.476 e. The van der Waals surface area contributed by atoms with Gasteiger partial charge in [0.2, 0.25) is 0 Å². The van der Waals surface area contributed by atoms with Gasteiger partial charge in [0, 0.05) is 10.6 Å². The van der Waals surface area contributed by atoms with Crippen LogP contribution in [0.2, 0.25) is 10.0 Å². The summed E-state index contributed by atoms with van der Waals surface area (Å²) in [6, 6.07) is 11.1. The third kappa shape index (κ3) is 3.24. The molecule has 1 aromatic heterocycles. The zero-order valence-electron chi connectivity index (χ0n) is 13.9. The number of hydrogen-bond acceptors (Lipinski definition) is 2. The number of rotatable bonds is 3. The van der Waals surface area contributed by atoms with Gasteiger partial charge >= 0.3 is 5.97 Å². The van der Waals surface area contributed by atoms with Crippen molar-refractivity contribution in [1.82, 2.24) is 9.78 Å². The van der Waals surface area contributed by atoms with Crippen LogP contribution in [0.3, 0.4) is 0 Å². The highest BCUT2D eigenvalue weighted by Crippen LogP contribution is 2.38. The molecule has 3 aromatic rings. The number of aromatic carboxylic acids is 1. The SMILES string of the molecule is O=C(O)c1nn(-c2ccc(Cl)cc2Cl)c2c1CCC2=Cc1ccc(F)cc1. The lowest BCUT2D eigenvalue weighted by atomic mass is 10.1. The normalized spacial score (nSPS) is 14.6. The summed E-state index contributed by atoms with van der Waals surface area (Å²) in [5.41, 5.74) is 3.69. The third-order valence-electron chi connectivity index (χ3n) is 4.48. The maximum Gasteiger partial charge on any atom is 0.356 e. The number of allylic oxidation sites excluding steroid dienone is 1. The van der Waals surface area contributed by atoms with Gasteiger partial charge in [0.25, 0.3) is 0 Å². The number of benzene rings is 2. The Labute approximate surface area is 164 Å². The zero-order chi connectivity index (χ0) is 19.1. The minimum Gasteiger partial charge on any atom is -0.476 e. The second kappa shape index (κ2) is 6.83. The molecule has 1 N–H and O–H groups in total.